The number of nitrogens with one attached hydrogen (secondary N) is 1. The molecule has 0 bridgehead atoms. The zero-order chi connectivity index (χ0) is 21.2. The van der Waals surface area contributed by atoms with Crippen LogP contribution < -0.4 is 10.5 Å². The summed E-state index contributed by atoms with van der Waals surface area (Å²) in [5, 5.41) is 2.96. The van der Waals surface area contributed by atoms with Gasteiger partial charge in [0.15, 0.2) is 0 Å². The van der Waals surface area contributed by atoms with E-state index in [2.05, 4.69) is 10.8 Å². The quantitative estimate of drug-likeness (QED) is 0.497. The Morgan fingerprint density at radius 1 is 1.03 bits per heavy atom. The normalized spacial score (nSPS) is 11.0. The Kier molecular flexibility index (Phi) is 5.61. The van der Waals surface area contributed by atoms with Gasteiger partial charge in [-0.2, -0.15) is 8.42 Å². The van der Waals surface area contributed by atoms with Crippen LogP contribution in [0.25, 0.3) is 17.8 Å². The molecule has 3 rings (SSSR count). The minimum Gasteiger partial charge on any atom is -0.378 e. The molecular weight excluding hydrogens is 390 g/mol. The van der Waals surface area contributed by atoms with Crippen LogP contribution in [0.15, 0.2) is 64.0 Å². The largest absolute Gasteiger partial charge is 0.378 e. The van der Waals surface area contributed by atoms with Crippen molar-refractivity contribution in [3.63, 3.8) is 0 Å². The van der Waals surface area contributed by atoms with E-state index < -0.39 is 10.1 Å². The predicted molar refractivity (Wildman–Crippen MR) is 114 cm³/mol. The molecule has 0 aliphatic carbocycles. The topological polar surface area (TPSA) is 95.4 Å². The van der Waals surface area contributed by atoms with Crippen LogP contribution in [0.5, 0.6) is 0 Å². The van der Waals surface area contributed by atoms with Gasteiger partial charge in [0.2, 0.25) is 0 Å². The van der Waals surface area contributed by atoms with Crippen molar-refractivity contribution in [2.24, 2.45) is 0 Å². The van der Waals surface area contributed by atoms with Crippen LogP contribution >= 0.6 is 0 Å². The number of aryl methyl sites for hydroxylation is 1. The lowest BCUT2D eigenvalue weighted by Crippen LogP contribution is -2.15. The lowest BCUT2D eigenvalue weighted by Gasteiger charge is -2.11. The molecule has 0 amide bonds. The number of H-pyrrole nitrogens is 1. The second kappa shape index (κ2) is 7.97. The average molecular weight is 411 g/mol. The first kappa shape index (κ1) is 20.4. The van der Waals surface area contributed by atoms with Gasteiger partial charge in [0.1, 0.15) is 0 Å². The van der Waals surface area contributed by atoms with Crippen molar-refractivity contribution in [1.29, 1.82) is 0 Å². The van der Waals surface area contributed by atoms with Crippen molar-refractivity contribution >= 4 is 28.0 Å². The lowest BCUT2D eigenvalue weighted by atomic mass is 10.2. The highest BCUT2D eigenvalue weighted by molar-refractivity contribution is 7.85. The molecule has 1 aromatic heterocycles. The maximum absolute atomic E-state index is 12.7. The van der Waals surface area contributed by atoms with E-state index in [-0.39, 0.29) is 10.5 Å². The van der Waals surface area contributed by atoms with Crippen molar-refractivity contribution < 1.29 is 13.0 Å². The third-order valence-corrected chi connectivity index (χ3v) is 5.26. The minimum atomic E-state index is -4.28. The van der Waals surface area contributed by atoms with E-state index in [0.29, 0.717) is 16.9 Å². The first-order valence-electron chi connectivity index (χ1n) is 8.76. The Bertz CT molecular complexity index is 1240. The van der Waals surface area contributed by atoms with Gasteiger partial charge >= 0.3 is 0 Å². The van der Waals surface area contributed by atoms with Crippen LogP contribution in [0.3, 0.4) is 0 Å². The molecule has 0 saturated carbocycles. The fourth-order valence-corrected chi connectivity index (χ4v) is 3.25. The highest BCUT2D eigenvalue weighted by Gasteiger charge is 2.12. The van der Waals surface area contributed by atoms with E-state index in [4.69, 9.17) is 4.55 Å². The Balaban J connectivity index is 1.89. The van der Waals surface area contributed by atoms with Crippen molar-refractivity contribution in [2.45, 2.75) is 11.8 Å². The molecule has 150 valence electrons. The van der Waals surface area contributed by atoms with Gasteiger partial charge in [-0.05, 0) is 61.0 Å². The Morgan fingerprint density at radius 2 is 1.66 bits per heavy atom. The highest BCUT2D eigenvalue weighted by atomic mass is 32.2. The summed E-state index contributed by atoms with van der Waals surface area (Å²) in [5.41, 5.74) is 6.35. The van der Waals surface area contributed by atoms with Crippen molar-refractivity contribution in [2.75, 3.05) is 19.0 Å². The van der Waals surface area contributed by atoms with Gasteiger partial charge in [0.25, 0.3) is 15.7 Å². The summed E-state index contributed by atoms with van der Waals surface area (Å²) in [4.78, 5) is 14.5. The molecule has 0 atom stereocenters. The first-order valence-corrected chi connectivity index (χ1v) is 10.2. The number of aromatic nitrogens is 2. The van der Waals surface area contributed by atoms with Gasteiger partial charge in [0, 0.05) is 25.5 Å². The number of anilines is 1. The summed E-state index contributed by atoms with van der Waals surface area (Å²) in [7, 11) is -0.335. The molecule has 29 heavy (non-hydrogen) atoms. The monoisotopic (exact) mass is 411 g/mol. The number of hydrogen-bond donors (Lipinski definition) is 2. The number of hydrogen-bond acceptors (Lipinski definition) is 4. The van der Waals surface area contributed by atoms with E-state index in [1.807, 2.05) is 43.3 Å². The van der Waals surface area contributed by atoms with Gasteiger partial charge in [0.05, 0.1) is 16.1 Å². The van der Waals surface area contributed by atoms with Gasteiger partial charge in [-0.3, -0.25) is 14.4 Å². The smallest absolute Gasteiger partial charge is 0.294 e. The van der Waals surface area contributed by atoms with Gasteiger partial charge in [-0.15, -0.1) is 5.73 Å². The highest BCUT2D eigenvalue weighted by Crippen LogP contribution is 2.15. The van der Waals surface area contributed by atoms with Gasteiger partial charge in [-0.25, -0.2) is 4.68 Å². The van der Waals surface area contributed by atoms with Crippen LogP contribution in [0.1, 0.15) is 16.8 Å². The van der Waals surface area contributed by atoms with Gasteiger partial charge < -0.3 is 4.90 Å². The molecule has 1 heterocycles. The fourth-order valence-electron chi connectivity index (χ4n) is 2.77. The minimum absolute atomic E-state index is 0.235. The summed E-state index contributed by atoms with van der Waals surface area (Å²) in [5.74, 6) is 0. The van der Waals surface area contributed by atoms with Crippen LogP contribution in [0, 0.1) is 6.92 Å². The first-order chi connectivity index (χ1) is 13.7. The van der Waals surface area contributed by atoms with Crippen LogP contribution in [0.4, 0.5) is 5.69 Å². The number of aromatic amines is 1. The molecule has 0 spiro atoms. The summed E-state index contributed by atoms with van der Waals surface area (Å²) < 4.78 is 32.7. The second-order valence-electron chi connectivity index (χ2n) is 6.70. The molecule has 0 unspecified atom stereocenters. The zero-order valence-corrected chi connectivity index (χ0v) is 17.1. The molecular formula is C21H21N3O4S. The fraction of sp³-hybridized carbons (Fsp3) is 0.143. The lowest BCUT2D eigenvalue weighted by molar-refractivity contribution is 0.483. The SMILES string of the molecule is Cc1[nH]n(-c2ccc(S(=O)(=O)O)cc2)c(=O)c1C=C=Cc1ccc(N(C)C)cc1. The van der Waals surface area contributed by atoms with Crippen molar-refractivity contribution in [3.8, 4) is 5.69 Å². The molecule has 0 aliphatic heterocycles. The number of nitrogens with zero attached hydrogens (tertiary/aromatic N) is 2. The summed E-state index contributed by atoms with van der Waals surface area (Å²) in [6.07, 6.45) is 3.40. The average Bonchev–Trinajstić information content (AvgIpc) is 2.96. The Hall–Kier alpha value is -3.32. The molecule has 0 fully saturated rings. The molecule has 3 aromatic rings. The zero-order valence-electron chi connectivity index (χ0n) is 16.2. The number of rotatable bonds is 5. The standard InChI is InChI=1S/C21H21N3O4S/c1-15-20(6-4-5-16-7-9-17(10-8-16)23(2)3)21(25)24(22-15)18-11-13-19(14-12-18)29(26,27)28/h5-14,22H,1-3H3,(H,26,27,28). The third kappa shape index (κ3) is 4.57. The predicted octanol–water partition coefficient (Wildman–Crippen LogP) is 3.11. The summed E-state index contributed by atoms with van der Waals surface area (Å²) in [6.45, 7) is 1.77. The third-order valence-electron chi connectivity index (χ3n) is 4.40. The van der Waals surface area contributed by atoms with Crippen LogP contribution in [-0.4, -0.2) is 36.8 Å². The van der Waals surface area contributed by atoms with E-state index in [0.717, 1.165) is 11.3 Å². The molecule has 2 N–H and O–H groups in total. The molecule has 0 saturated heterocycles. The molecule has 0 radical (unpaired) electrons. The Labute approximate surface area is 169 Å². The molecule has 8 heteroatoms. The molecule has 0 aliphatic rings. The molecule has 7 nitrogen and oxygen atoms in total. The van der Waals surface area contributed by atoms with Crippen LogP contribution in [-0.2, 0) is 10.1 Å². The number of benzene rings is 2. The van der Waals surface area contributed by atoms with Crippen LogP contribution in [0.2, 0.25) is 0 Å². The maximum Gasteiger partial charge on any atom is 0.294 e. The van der Waals surface area contributed by atoms with E-state index in [1.165, 1.54) is 28.9 Å². The summed E-state index contributed by atoms with van der Waals surface area (Å²) >= 11 is 0. The van der Waals surface area contributed by atoms with E-state index in [9.17, 15) is 13.2 Å². The molecule has 2 aromatic carbocycles. The Morgan fingerprint density at radius 3 is 2.21 bits per heavy atom. The van der Waals surface area contributed by atoms with E-state index >= 15 is 0 Å². The van der Waals surface area contributed by atoms with Crippen molar-refractivity contribution in [3.05, 3.63) is 81.4 Å². The van der Waals surface area contributed by atoms with E-state index in [1.54, 1.807) is 19.1 Å². The maximum atomic E-state index is 12.7. The second-order valence-corrected chi connectivity index (χ2v) is 8.12. The van der Waals surface area contributed by atoms with Crippen molar-refractivity contribution in [1.82, 2.24) is 9.78 Å². The summed E-state index contributed by atoms with van der Waals surface area (Å²) in [6, 6.07) is 13.3. The van der Waals surface area contributed by atoms with Gasteiger partial charge in [-0.1, -0.05) is 12.1 Å².